The number of quaternary nitrogens is 1. The van der Waals surface area contributed by atoms with E-state index in [1.807, 2.05) is 0 Å². The first kappa shape index (κ1) is 12.5. The maximum absolute atomic E-state index is 5.71. The fourth-order valence-corrected chi connectivity index (χ4v) is 2.27. The van der Waals surface area contributed by atoms with Gasteiger partial charge in [0.2, 0.25) is 0 Å². The van der Waals surface area contributed by atoms with Gasteiger partial charge in [-0.25, -0.2) is 0 Å². The molecule has 1 saturated heterocycles. The largest absolute Gasteiger partial charge is 0.398 e. The molecule has 15 heavy (non-hydrogen) atoms. The lowest BCUT2D eigenvalue weighted by Crippen LogP contribution is -2.61. The zero-order valence-electron chi connectivity index (χ0n) is 10.7. The summed E-state index contributed by atoms with van der Waals surface area (Å²) in [4.78, 5) is 2.55. The second-order valence-electron chi connectivity index (χ2n) is 6.04. The lowest BCUT2D eigenvalue weighted by atomic mass is 10.0. The quantitative estimate of drug-likeness (QED) is 0.693. The third-order valence-electron chi connectivity index (χ3n) is 3.35. The number of hydrogen-bond acceptors (Lipinski definition) is 2. The molecule has 0 aromatic rings. The van der Waals surface area contributed by atoms with Gasteiger partial charge >= 0.3 is 0 Å². The molecule has 3 nitrogen and oxygen atoms in total. The molecule has 2 N–H and O–H groups in total. The number of piperazine rings is 1. The van der Waals surface area contributed by atoms with Gasteiger partial charge in [-0.15, -0.1) is 0 Å². The van der Waals surface area contributed by atoms with Crippen molar-refractivity contribution in [1.82, 2.24) is 4.90 Å². The number of nitrogens with zero attached hydrogens (tertiary/aromatic N) is 2. The Balaban J connectivity index is 2.51. The highest BCUT2D eigenvalue weighted by atomic mass is 15.4. The van der Waals surface area contributed by atoms with E-state index in [1.54, 1.807) is 0 Å². The summed E-state index contributed by atoms with van der Waals surface area (Å²) in [5.41, 5.74) is 6.81. The first-order valence-corrected chi connectivity index (χ1v) is 5.75. The van der Waals surface area contributed by atoms with Gasteiger partial charge in [0.05, 0.1) is 25.8 Å². The van der Waals surface area contributed by atoms with E-state index >= 15 is 0 Å². The van der Waals surface area contributed by atoms with Gasteiger partial charge in [0, 0.05) is 18.6 Å². The zero-order valence-corrected chi connectivity index (χ0v) is 10.7. The van der Waals surface area contributed by atoms with Gasteiger partial charge in [0.15, 0.2) is 0 Å². The first-order chi connectivity index (χ1) is 6.73. The van der Waals surface area contributed by atoms with Gasteiger partial charge in [-0.05, 0) is 20.8 Å². The van der Waals surface area contributed by atoms with E-state index in [9.17, 15) is 0 Å². The molecule has 0 aromatic carbocycles. The van der Waals surface area contributed by atoms with E-state index in [0.29, 0.717) is 5.54 Å². The summed E-state index contributed by atoms with van der Waals surface area (Å²) in [5, 5.41) is 0. The lowest BCUT2D eigenvalue weighted by Gasteiger charge is -2.46. The molecule has 0 aromatic heterocycles. The molecule has 0 unspecified atom stereocenters. The Bertz CT molecular complexity index is 232. The van der Waals surface area contributed by atoms with Crippen molar-refractivity contribution in [1.29, 1.82) is 0 Å². The number of rotatable bonds is 2. The van der Waals surface area contributed by atoms with Crippen molar-refractivity contribution >= 4 is 0 Å². The van der Waals surface area contributed by atoms with Gasteiger partial charge in [0.1, 0.15) is 6.54 Å². The summed E-state index contributed by atoms with van der Waals surface area (Å²) in [6, 6.07) is 0. The van der Waals surface area contributed by atoms with Crippen LogP contribution in [-0.2, 0) is 0 Å². The zero-order chi connectivity index (χ0) is 11.7. The SMILES string of the molecule is C=C(N)C[N+]1(C)CCN(C(C)(C)C)CC1. The van der Waals surface area contributed by atoms with E-state index in [4.69, 9.17) is 5.73 Å². The molecule has 0 atom stereocenters. The summed E-state index contributed by atoms with van der Waals surface area (Å²) in [5.74, 6) is 0. The van der Waals surface area contributed by atoms with Crippen molar-refractivity contribution in [3.8, 4) is 0 Å². The molecule has 0 bridgehead atoms. The highest BCUT2D eigenvalue weighted by Gasteiger charge is 2.33. The monoisotopic (exact) mass is 212 g/mol. The minimum Gasteiger partial charge on any atom is -0.398 e. The van der Waals surface area contributed by atoms with Gasteiger partial charge in [0.25, 0.3) is 0 Å². The average Bonchev–Trinajstić information content (AvgIpc) is 2.00. The van der Waals surface area contributed by atoms with E-state index in [1.165, 1.54) is 13.1 Å². The Morgan fingerprint density at radius 1 is 1.33 bits per heavy atom. The molecule has 88 valence electrons. The highest BCUT2D eigenvalue weighted by molar-refractivity contribution is 4.87. The molecule has 0 spiro atoms. The van der Waals surface area contributed by atoms with Crippen LogP contribution in [0.2, 0.25) is 0 Å². The molecule has 0 amide bonds. The van der Waals surface area contributed by atoms with Crippen molar-refractivity contribution in [3.05, 3.63) is 12.3 Å². The van der Waals surface area contributed by atoms with Gasteiger partial charge < -0.3 is 10.2 Å². The van der Waals surface area contributed by atoms with Gasteiger partial charge in [-0.2, -0.15) is 0 Å². The molecule has 0 saturated carbocycles. The van der Waals surface area contributed by atoms with E-state index in [2.05, 4.69) is 39.3 Å². The van der Waals surface area contributed by atoms with Crippen LogP contribution < -0.4 is 5.73 Å². The molecule has 3 heteroatoms. The summed E-state index contributed by atoms with van der Waals surface area (Å²) in [6.07, 6.45) is 0. The third-order valence-corrected chi connectivity index (χ3v) is 3.35. The summed E-state index contributed by atoms with van der Waals surface area (Å²) < 4.78 is 1.04. The third kappa shape index (κ3) is 3.50. The molecule has 1 fully saturated rings. The molecular weight excluding hydrogens is 186 g/mol. The molecule has 1 aliphatic heterocycles. The summed E-state index contributed by atoms with van der Waals surface area (Å²) in [7, 11) is 2.28. The Morgan fingerprint density at radius 2 is 1.80 bits per heavy atom. The molecule has 1 heterocycles. The predicted molar refractivity (Wildman–Crippen MR) is 65.4 cm³/mol. The smallest absolute Gasteiger partial charge is 0.118 e. The number of hydrogen-bond donors (Lipinski definition) is 1. The fourth-order valence-electron chi connectivity index (χ4n) is 2.27. The highest BCUT2D eigenvalue weighted by Crippen LogP contribution is 2.19. The summed E-state index contributed by atoms with van der Waals surface area (Å²) >= 11 is 0. The Kier molecular flexibility index (Phi) is 3.46. The number of nitrogens with two attached hydrogens (primary N) is 1. The van der Waals surface area contributed by atoms with E-state index in [0.717, 1.165) is 29.8 Å². The van der Waals surface area contributed by atoms with Crippen molar-refractivity contribution in [2.24, 2.45) is 5.73 Å². The minimum absolute atomic E-state index is 0.297. The molecule has 0 aliphatic carbocycles. The van der Waals surface area contributed by atoms with E-state index < -0.39 is 0 Å². The van der Waals surface area contributed by atoms with Crippen molar-refractivity contribution in [3.63, 3.8) is 0 Å². The van der Waals surface area contributed by atoms with Gasteiger partial charge in [-0.3, -0.25) is 4.90 Å². The van der Waals surface area contributed by atoms with Crippen molar-refractivity contribution < 1.29 is 4.48 Å². The Labute approximate surface area is 94.1 Å². The van der Waals surface area contributed by atoms with Crippen molar-refractivity contribution in [2.75, 3.05) is 39.8 Å². The second kappa shape index (κ2) is 4.14. The van der Waals surface area contributed by atoms with Crippen LogP contribution in [0, 0.1) is 0 Å². The van der Waals surface area contributed by atoms with Crippen LogP contribution in [0.15, 0.2) is 12.3 Å². The Morgan fingerprint density at radius 3 is 2.13 bits per heavy atom. The van der Waals surface area contributed by atoms with Crippen LogP contribution >= 0.6 is 0 Å². The van der Waals surface area contributed by atoms with E-state index in [-0.39, 0.29) is 0 Å². The molecule has 1 rings (SSSR count). The predicted octanol–water partition coefficient (Wildman–Crippen LogP) is 1.02. The Hall–Kier alpha value is -0.540. The normalized spacial score (nSPS) is 22.7. The molecule has 0 radical (unpaired) electrons. The van der Waals surface area contributed by atoms with Crippen LogP contribution in [-0.4, -0.2) is 54.7 Å². The maximum atomic E-state index is 5.71. The lowest BCUT2D eigenvalue weighted by molar-refractivity contribution is -0.909. The van der Waals surface area contributed by atoms with Crippen LogP contribution in [0.5, 0.6) is 0 Å². The standard InChI is InChI=1S/C12H26N3/c1-11(13)10-15(5)8-6-14(7-9-15)12(2,3)4/h1,6-10,13H2,2-5H3/q+1. The molecular formula is C12H26N3+. The topological polar surface area (TPSA) is 29.3 Å². The second-order valence-corrected chi connectivity index (χ2v) is 6.04. The van der Waals surface area contributed by atoms with Crippen LogP contribution in [0.1, 0.15) is 20.8 Å². The van der Waals surface area contributed by atoms with Crippen molar-refractivity contribution in [2.45, 2.75) is 26.3 Å². The molecule has 1 aliphatic rings. The van der Waals surface area contributed by atoms with Crippen LogP contribution in [0.25, 0.3) is 0 Å². The maximum Gasteiger partial charge on any atom is 0.118 e. The minimum atomic E-state index is 0.297. The van der Waals surface area contributed by atoms with Gasteiger partial charge in [-0.1, -0.05) is 6.58 Å². The average molecular weight is 212 g/mol. The fraction of sp³-hybridized carbons (Fsp3) is 0.833. The number of likely N-dealkylation sites (N-methyl/N-ethyl adjacent to an activating group) is 1. The van der Waals surface area contributed by atoms with Crippen LogP contribution in [0.3, 0.4) is 0 Å². The summed E-state index contributed by atoms with van der Waals surface area (Å²) in [6.45, 7) is 16.2. The first-order valence-electron chi connectivity index (χ1n) is 5.75. The van der Waals surface area contributed by atoms with Crippen LogP contribution in [0.4, 0.5) is 0 Å².